The summed E-state index contributed by atoms with van der Waals surface area (Å²) in [5.41, 5.74) is 3.11. The molecule has 1 aromatic heterocycles. The molecule has 7 nitrogen and oxygen atoms in total. The lowest BCUT2D eigenvalue weighted by atomic mass is 10.1. The fraction of sp³-hybridized carbons (Fsp3) is 0.417. The minimum absolute atomic E-state index is 0.107. The lowest BCUT2D eigenvalue weighted by molar-refractivity contribution is -0.126. The van der Waals surface area contributed by atoms with Crippen molar-refractivity contribution in [3.8, 4) is 5.75 Å². The lowest BCUT2D eigenvalue weighted by Gasteiger charge is -2.05. The fourth-order valence-corrected chi connectivity index (χ4v) is 3.50. The van der Waals surface area contributed by atoms with Crippen LogP contribution in [0.25, 0.3) is 0 Å². The molecule has 0 aliphatic carbocycles. The van der Waals surface area contributed by atoms with E-state index in [2.05, 4.69) is 22.8 Å². The molecule has 0 radical (unpaired) electrons. The van der Waals surface area contributed by atoms with Crippen LogP contribution in [0, 0.1) is 0 Å². The highest BCUT2D eigenvalue weighted by Gasteiger charge is 2.09. The highest BCUT2D eigenvalue weighted by atomic mass is 32.1. The molecule has 2 rings (SSSR count). The van der Waals surface area contributed by atoms with E-state index >= 15 is 0 Å². The molecule has 0 spiro atoms. The average molecular weight is 458 g/mol. The molecular weight excluding hydrogens is 426 g/mol. The predicted octanol–water partition coefficient (Wildman–Crippen LogP) is 4.67. The molecule has 1 heterocycles. The number of benzene rings is 1. The third-order valence-electron chi connectivity index (χ3n) is 4.67. The summed E-state index contributed by atoms with van der Waals surface area (Å²) in [4.78, 5) is 36.1. The van der Waals surface area contributed by atoms with Crippen LogP contribution in [0.2, 0.25) is 0 Å². The van der Waals surface area contributed by atoms with Crippen LogP contribution in [-0.2, 0) is 9.59 Å². The van der Waals surface area contributed by atoms with E-state index in [0.29, 0.717) is 17.0 Å². The summed E-state index contributed by atoms with van der Waals surface area (Å²) in [6.07, 6.45) is 9.94. The minimum atomic E-state index is -0.400. The summed E-state index contributed by atoms with van der Waals surface area (Å²) < 4.78 is 5.28. The standard InChI is InChI=1S/C24H31N3O4S/c1-2-3-4-5-6-7-8-11-22(28)25-18-23(29)27-26-17-19-12-14-20(15-13-19)31-24(30)21-10-9-16-32-21/h9-10,12-17H,2-8,11,18H2,1H3,(H,25,28)(H,27,29). The van der Waals surface area contributed by atoms with E-state index in [1.807, 2.05) is 5.38 Å². The molecule has 172 valence electrons. The molecule has 2 aromatic rings. The second-order valence-electron chi connectivity index (χ2n) is 7.38. The number of rotatable bonds is 14. The SMILES string of the molecule is CCCCCCCCCC(=O)NCC(=O)NN=Cc1ccc(OC(=O)c2cccs2)cc1. The van der Waals surface area contributed by atoms with Gasteiger partial charge in [-0.05, 0) is 47.7 Å². The molecule has 0 bridgehead atoms. The fourth-order valence-electron chi connectivity index (χ4n) is 2.90. The van der Waals surface area contributed by atoms with Crippen molar-refractivity contribution in [2.75, 3.05) is 6.54 Å². The molecule has 2 amide bonds. The Morgan fingerprint density at radius 2 is 1.69 bits per heavy atom. The first-order chi connectivity index (χ1) is 15.6. The van der Waals surface area contributed by atoms with Gasteiger partial charge in [-0.25, -0.2) is 10.2 Å². The van der Waals surface area contributed by atoms with E-state index in [1.165, 1.54) is 43.2 Å². The predicted molar refractivity (Wildman–Crippen MR) is 127 cm³/mol. The zero-order chi connectivity index (χ0) is 23.0. The largest absolute Gasteiger partial charge is 0.422 e. The Labute approximate surface area is 193 Å². The van der Waals surface area contributed by atoms with Crippen LogP contribution in [0.4, 0.5) is 0 Å². The molecule has 0 aliphatic heterocycles. The van der Waals surface area contributed by atoms with Gasteiger partial charge in [0.15, 0.2) is 0 Å². The Kier molecular flexibility index (Phi) is 11.8. The van der Waals surface area contributed by atoms with Gasteiger partial charge in [-0.1, -0.05) is 51.5 Å². The second-order valence-corrected chi connectivity index (χ2v) is 8.32. The molecule has 0 fully saturated rings. The number of esters is 1. The Morgan fingerprint density at radius 3 is 2.38 bits per heavy atom. The first kappa shape index (κ1) is 25.3. The molecule has 32 heavy (non-hydrogen) atoms. The van der Waals surface area contributed by atoms with Crippen molar-refractivity contribution in [3.05, 3.63) is 52.2 Å². The van der Waals surface area contributed by atoms with Crippen molar-refractivity contribution in [3.63, 3.8) is 0 Å². The summed E-state index contributed by atoms with van der Waals surface area (Å²) in [5.74, 6) is -0.489. The topological polar surface area (TPSA) is 96.9 Å². The Bertz CT molecular complexity index is 864. The maximum absolute atomic E-state index is 11.9. The van der Waals surface area contributed by atoms with Crippen LogP contribution in [0.1, 0.15) is 73.5 Å². The maximum Gasteiger partial charge on any atom is 0.353 e. The van der Waals surface area contributed by atoms with Crippen LogP contribution in [0.3, 0.4) is 0 Å². The van der Waals surface area contributed by atoms with Gasteiger partial charge in [0.1, 0.15) is 10.6 Å². The summed E-state index contributed by atoms with van der Waals surface area (Å²) in [7, 11) is 0. The minimum Gasteiger partial charge on any atom is -0.422 e. The van der Waals surface area contributed by atoms with Crippen molar-refractivity contribution < 1.29 is 19.1 Å². The number of carbonyl (C=O) groups is 3. The van der Waals surface area contributed by atoms with Gasteiger partial charge in [-0.2, -0.15) is 5.10 Å². The normalized spacial score (nSPS) is 10.8. The van der Waals surface area contributed by atoms with Crippen molar-refractivity contribution >= 4 is 35.3 Å². The van der Waals surface area contributed by atoms with E-state index in [9.17, 15) is 14.4 Å². The third kappa shape index (κ3) is 10.3. The van der Waals surface area contributed by atoms with Crippen molar-refractivity contribution in [1.82, 2.24) is 10.7 Å². The number of amides is 2. The van der Waals surface area contributed by atoms with Gasteiger partial charge in [-0.3, -0.25) is 9.59 Å². The molecule has 0 atom stereocenters. The van der Waals surface area contributed by atoms with Gasteiger partial charge in [0.2, 0.25) is 5.91 Å². The second kappa shape index (κ2) is 14.9. The zero-order valence-corrected chi connectivity index (χ0v) is 19.3. The van der Waals surface area contributed by atoms with Crippen LogP contribution in [0.5, 0.6) is 5.75 Å². The lowest BCUT2D eigenvalue weighted by Crippen LogP contribution is -2.34. The number of thiophene rings is 1. The van der Waals surface area contributed by atoms with Crippen molar-refractivity contribution in [1.29, 1.82) is 0 Å². The monoisotopic (exact) mass is 457 g/mol. The Balaban J connectivity index is 1.59. The van der Waals surface area contributed by atoms with Gasteiger partial charge in [0, 0.05) is 6.42 Å². The number of ether oxygens (including phenoxy) is 1. The first-order valence-corrected chi connectivity index (χ1v) is 11.9. The van der Waals surface area contributed by atoms with E-state index in [0.717, 1.165) is 24.8 Å². The molecular formula is C24H31N3O4S. The van der Waals surface area contributed by atoms with Gasteiger partial charge in [-0.15, -0.1) is 11.3 Å². The summed E-state index contributed by atoms with van der Waals surface area (Å²) >= 11 is 1.32. The van der Waals surface area contributed by atoms with Gasteiger partial charge in [0.05, 0.1) is 12.8 Å². The molecule has 0 saturated heterocycles. The van der Waals surface area contributed by atoms with Crippen LogP contribution in [0.15, 0.2) is 46.9 Å². The van der Waals surface area contributed by atoms with Crippen LogP contribution in [-0.4, -0.2) is 30.5 Å². The van der Waals surface area contributed by atoms with Gasteiger partial charge in [0.25, 0.3) is 5.91 Å². The van der Waals surface area contributed by atoms with Gasteiger partial charge < -0.3 is 10.1 Å². The smallest absolute Gasteiger partial charge is 0.353 e. The molecule has 8 heteroatoms. The van der Waals surface area contributed by atoms with Crippen LogP contribution < -0.4 is 15.5 Å². The number of hydrogen-bond acceptors (Lipinski definition) is 6. The molecule has 0 aliphatic rings. The number of hydrogen-bond donors (Lipinski definition) is 2. The molecule has 1 aromatic carbocycles. The van der Waals surface area contributed by atoms with Crippen LogP contribution >= 0.6 is 11.3 Å². The highest BCUT2D eigenvalue weighted by Crippen LogP contribution is 2.16. The highest BCUT2D eigenvalue weighted by molar-refractivity contribution is 7.12. The number of carbonyl (C=O) groups excluding carboxylic acids is 3. The van der Waals surface area contributed by atoms with E-state index < -0.39 is 11.9 Å². The Hall–Kier alpha value is -3.00. The third-order valence-corrected chi connectivity index (χ3v) is 5.52. The number of unbranched alkanes of at least 4 members (excludes halogenated alkanes) is 6. The molecule has 0 saturated carbocycles. The number of nitrogens with one attached hydrogen (secondary N) is 2. The summed E-state index contributed by atoms with van der Waals surface area (Å²) in [6.45, 7) is 2.08. The van der Waals surface area contributed by atoms with Gasteiger partial charge >= 0.3 is 5.97 Å². The zero-order valence-electron chi connectivity index (χ0n) is 18.5. The summed E-state index contributed by atoms with van der Waals surface area (Å²) in [6, 6.07) is 10.2. The maximum atomic E-state index is 11.9. The summed E-state index contributed by atoms with van der Waals surface area (Å²) in [5, 5.41) is 8.30. The average Bonchev–Trinajstić information content (AvgIpc) is 3.33. The number of hydrazone groups is 1. The quantitative estimate of drug-likeness (QED) is 0.142. The van der Waals surface area contributed by atoms with Crippen molar-refractivity contribution in [2.45, 2.75) is 58.3 Å². The molecule has 2 N–H and O–H groups in total. The van der Waals surface area contributed by atoms with E-state index in [4.69, 9.17) is 4.74 Å². The molecule has 0 unspecified atom stereocenters. The van der Waals surface area contributed by atoms with E-state index in [-0.39, 0.29) is 12.5 Å². The van der Waals surface area contributed by atoms with E-state index in [1.54, 1.807) is 36.4 Å². The first-order valence-electron chi connectivity index (χ1n) is 11.0. The Morgan fingerprint density at radius 1 is 0.969 bits per heavy atom. The van der Waals surface area contributed by atoms with Crippen molar-refractivity contribution in [2.24, 2.45) is 5.10 Å². The number of nitrogens with zero attached hydrogens (tertiary/aromatic N) is 1.